The number of hydrogen-bond donors (Lipinski definition) is 3. The third kappa shape index (κ3) is 6.08. The van der Waals surface area contributed by atoms with Gasteiger partial charge in [-0.25, -0.2) is 19.9 Å². The number of likely N-dealkylation sites (N-methyl/N-ethyl adjacent to an activating group) is 1. The van der Waals surface area contributed by atoms with Crippen LogP contribution >= 0.6 is 0 Å². The molecule has 0 aliphatic heterocycles. The largest absolute Gasteiger partial charge is 0.369 e. The van der Waals surface area contributed by atoms with Crippen molar-refractivity contribution in [2.24, 2.45) is 0 Å². The standard InChI is InChI=1S/C28H33N9O2/c1-6-28(2,21-9-7-8-19-20(26(39)29-3)10-11-30-25(19)21)16-34-23-12-22(35-17-36-23)18-13-31-27(32-14-18)33-15-24(38)37(4)5/h7-14,17H,6,15-16H2,1-5H3,(H,29,39)(H,31,32,33)(H,34,35,36)/t28-/m0/s1. The van der Waals surface area contributed by atoms with Crippen molar-refractivity contribution in [3.05, 3.63) is 66.4 Å². The summed E-state index contributed by atoms with van der Waals surface area (Å²) in [5.41, 5.74) is 3.57. The first-order valence-corrected chi connectivity index (χ1v) is 12.7. The lowest BCUT2D eigenvalue weighted by Crippen LogP contribution is -2.31. The van der Waals surface area contributed by atoms with Crippen molar-refractivity contribution in [1.29, 1.82) is 0 Å². The van der Waals surface area contributed by atoms with E-state index in [4.69, 9.17) is 0 Å². The molecule has 0 spiro atoms. The van der Waals surface area contributed by atoms with Crippen LogP contribution in [0.1, 0.15) is 36.2 Å². The number of nitrogens with one attached hydrogen (secondary N) is 3. The molecule has 3 heterocycles. The Morgan fingerprint density at radius 1 is 1.00 bits per heavy atom. The monoisotopic (exact) mass is 527 g/mol. The highest BCUT2D eigenvalue weighted by Crippen LogP contribution is 2.34. The minimum Gasteiger partial charge on any atom is -0.369 e. The number of anilines is 2. The van der Waals surface area contributed by atoms with Crippen LogP contribution in [0.25, 0.3) is 22.2 Å². The van der Waals surface area contributed by atoms with Gasteiger partial charge < -0.3 is 20.9 Å². The van der Waals surface area contributed by atoms with Gasteiger partial charge in [0.15, 0.2) is 0 Å². The lowest BCUT2D eigenvalue weighted by atomic mass is 9.78. The van der Waals surface area contributed by atoms with Crippen LogP contribution in [0.2, 0.25) is 0 Å². The topological polar surface area (TPSA) is 138 Å². The van der Waals surface area contributed by atoms with E-state index in [0.29, 0.717) is 29.6 Å². The van der Waals surface area contributed by atoms with E-state index < -0.39 is 0 Å². The average Bonchev–Trinajstić information content (AvgIpc) is 2.98. The minimum atomic E-state index is -0.292. The van der Waals surface area contributed by atoms with Gasteiger partial charge in [-0.1, -0.05) is 32.0 Å². The minimum absolute atomic E-state index is 0.0700. The van der Waals surface area contributed by atoms with Crippen LogP contribution in [0.5, 0.6) is 0 Å². The Kier molecular flexibility index (Phi) is 8.28. The first kappa shape index (κ1) is 27.4. The number of pyridine rings is 1. The number of carbonyl (C=O) groups is 2. The Hall–Kier alpha value is -4.67. The molecule has 4 aromatic rings. The molecule has 39 heavy (non-hydrogen) atoms. The second kappa shape index (κ2) is 11.8. The van der Waals surface area contributed by atoms with E-state index in [1.807, 2.05) is 18.2 Å². The Labute approximate surface area is 227 Å². The van der Waals surface area contributed by atoms with Crippen LogP contribution in [0, 0.1) is 0 Å². The molecule has 0 bridgehead atoms. The first-order chi connectivity index (χ1) is 18.8. The van der Waals surface area contributed by atoms with Crippen LogP contribution in [-0.2, 0) is 10.2 Å². The van der Waals surface area contributed by atoms with E-state index in [0.717, 1.165) is 28.5 Å². The number of para-hydroxylation sites is 1. The molecule has 1 atom stereocenters. The van der Waals surface area contributed by atoms with Crippen molar-refractivity contribution in [2.45, 2.75) is 25.7 Å². The van der Waals surface area contributed by atoms with E-state index in [2.05, 4.69) is 60.8 Å². The maximum atomic E-state index is 12.4. The molecule has 0 saturated carbocycles. The van der Waals surface area contributed by atoms with Crippen molar-refractivity contribution in [3.63, 3.8) is 0 Å². The third-order valence-electron chi connectivity index (χ3n) is 6.84. The van der Waals surface area contributed by atoms with Gasteiger partial charge in [0.25, 0.3) is 5.91 Å². The quantitative estimate of drug-likeness (QED) is 0.284. The number of amides is 2. The molecule has 11 heteroatoms. The molecule has 0 aliphatic carbocycles. The van der Waals surface area contributed by atoms with Crippen molar-refractivity contribution in [3.8, 4) is 11.3 Å². The number of aromatic nitrogens is 5. The summed E-state index contributed by atoms with van der Waals surface area (Å²) in [5, 5.41) is 9.90. The van der Waals surface area contributed by atoms with E-state index in [1.165, 1.54) is 11.2 Å². The average molecular weight is 528 g/mol. The van der Waals surface area contributed by atoms with Gasteiger partial charge in [-0.3, -0.25) is 14.6 Å². The molecular formula is C28H33N9O2. The number of carbonyl (C=O) groups excluding carboxylic acids is 2. The fourth-order valence-electron chi connectivity index (χ4n) is 4.17. The SMILES string of the molecule is CC[C@@](C)(CNc1cc(-c2cnc(NCC(=O)N(C)C)nc2)ncn1)c1cccc2c(C(=O)NC)ccnc12. The summed E-state index contributed by atoms with van der Waals surface area (Å²) in [6.45, 7) is 5.01. The second-order valence-corrected chi connectivity index (χ2v) is 9.63. The van der Waals surface area contributed by atoms with Gasteiger partial charge in [0, 0.05) is 68.7 Å². The van der Waals surface area contributed by atoms with Gasteiger partial charge >= 0.3 is 0 Å². The summed E-state index contributed by atoms with van der Waals surface area (Å²) in [4.78, 5) is 47.7. The van der Waals surface area contributed by atoms with Crippen LogP contribution in [-0.4, -0.2) is 75.9 Å². The highest BCUT2D eigenvalue weighted by molar-refractivity contribution is 6.06. The molecule has 3 aromatic heterocycles. The van der Waals surface area contributed by atoms with Crippen molar-refractivity contribution < 1.29 is 9.59 Å². The van der Waals surface area contributed by atoms with Crippen LogP contribution in [0.3, 0.4) is 0 Å². The summed E-state index contributed by atoms with van der Waals surface area (Å²) in [7, 11) is 5.01. The maximum Gasteiger partial charge on any atom is 0.251 e. The molecule has 0 fully saturated rings. The Morgan fingerprint density at radius 2 is 1.77 bits per heavy atom. The van der Waals surface area contributed by atoms with Crippen LogP contribution < -0.4 is 16.0 Å². The van der Waals surface area contributed by atoms with Gasteiger partial charge in [-0.05, 0) is 18.1 Å². The predicted molar refractivity (Wildman–Crippen MR) is 152 cm³/mol. The van der Waals surface area contributed by atoms with Crippen molar-refractivity contribution in [1.82, 2.24) is 35.1 Å². The summed E-state index contributed by atoms with van der Waals surface area (Å²) >= 11 is 0. The first-order valence-electron chi connectivity index (χ1n) is 12.7. The zero-order valence-corrected chi connectivity index (χ0v) is 22.8. The Balaban J connectivity index is 1.52. The molecule has 0 saturated heterocycles. The van der Waals surface area contributed by atoms with Crippen molar-refractivity contribution >= 4 is 34.5 Å². The summed E-state index contributed by atoms with van der Waals surface area (Å²) in [6.07, 6.45) is 7.33. The van der Waals surface area contributed by atoms with Gasteiger partial charge in [-0.15, -0.1) is 0 Å². The van der Waals surface area contributed by atoms with Crippen LogP contribution in [0.15, 0.2) is 55.2 Å². The maximum absolute atomic E-state index is 12.4. The molecule has 11 nitrogen and oxygen atoms in total. The molecule has 3 N–H and O–H groups in total. The zero-order chi connectivity index (χ0) is 28.0. The Morgan fingerprint density at radius 3 is 2.46 bits per heavy atom. The van der Waals surface area contributed by atoms with E-state index in [-0.39, 0.29) is 23.8 Å². The third-order valence-corrected chi connectivity index (χ3v) is 6.84. The summed E-state index contributed by atoms with van der Waals surface area (Å²) in [6, 6.07) is 9.56. The number of nitrogens with zero attached hydrogens (tertiary/aromatic N) is 6. The summed E-state index contributed by atoms with van der Waals surface area (Å²) < 4.78 is 0. The molecule has 0 unspecified atom stereocenters. The number of fused-ring (bicyclic) bond motifs is 1. The lowest BCUT2D eigenvalue weighted by molar-refractivity contribution is -0.126. The van der Waals surface area contributed by atoms with Crippen LogP contribution in [0.4, 0.5) is 11.8 Å². The van der Waals surface area contributed by atoms with Crippen molar-refractivity contribution in [2.75, 3.05) is 44.9 Å². The van der Waals surface area contributed by atoms with E-state index in [9.17, 15) is 9.59 Å². The lowest BCUT2D eigenvalue weighted by Gasteiger charge is -2.30. The number of rotatable bonds is 10. The predicted octanol–water partition coefficient (Wildman–Crippen LogP) is 3.12. The molecule has 4 rings (SSSR count). The Bertz CT molecular complexity index is 1470. The number of benzene rings is 1. The second-order valence-electron chi connectivity index (χ2n) is 9.63. The molecule has 0 radical (unpaired) electrons. The van der Waals surface area contributed by atoms with E-state index >= 15 is 0 Å². The smallest absolute Gasteiger partial charge is 0.251 e. The van der Waals surface area contributed by atoms with E-state index in [1.54, 1.807) is 45.8 Å². The fourth-order valence-corrected chi connectivity index (χ4v) is 4.17. The van der Waals surface area contributed by atoms with Gasteiger partial charge in [0.05, 0.1) is 23.3 Å². The fraction of sp³-hybridized carbons (Fsp3) is 0.321. The molecule has 2 amide bonds. The molecule has 202 valence electrons. The summed E-state index contributed by atoms with van der Waals surface area (Å²) in [5.74, 6) is 0.819. The number of hydrogen-bond acceptors (Lipinski definition) is 9. The van der Waals surface area contributed by atoms with Gasteiger partial charge in [0.1, 0.15) is 12.1 Å². The molecule has 0 aliphatic rings. The highest BCUT2D eigenvalue weighted by atomic mass is 16.2. The molecule has 1 aromatic carbocycles. The van der Waals surface area contributed by atoms with Gasteiger partial charge in [0.2, 0.25) is 11.9 Å². The normalized spacial score (nSPS) is 12.4. The van der Waals surface area contributed by atoms with Gasteiger partial charge in [-0.2, -0.15) is 0 Å². The zero-order valence-electron chi connectivity index (χ0n) is 22.8. The molecular weight excluding hydrogens is 494 g/mol. The highest BCUT2D eigenvalue weighted by Gasteiger charge is 2.28.